The van der Waals surface area contributed by atoms with E-state index in [4.69, 9.17) is 0 Å². The summed E-state index contributed by atoms with van der Waals surface area (Å²) in [4.78, 5) is 1.45. The van der Waals surface area contributed by atoms with Gasteiger partial charge in [-0.05, 0) is 35.0 Å². The molecule has 1 saturated heterocycles. The smallest absolute Gasteiger partial charge is 0.0701 e. The van der Waals surface area contributed by atoms with Crippen LogP contribution in [0.3, 0.4) is 0 Å². The molecule has 1 fully saturated rings. The molecule has 2 heterocycles. The van der Waals surface area contributed by atoms with Gasteiger partial charge in [-0.25, -0.2) is 0 Å². The average molecular weight is 278 g/mol. The highest BCUT2D eigenvalue weighted by molar-refractivity contribution is 9.11. The third-order valence-electron chi connectivity index (χ3n) is 2.08. The fraction of sp³-hybridized carbons (Fsp3) is 0.556. The molecule has 1 aromatic rings. The van der Waals surface area contributed by atoms with Crippen molar-refractivity contribution in [2.24, 2.45) is 0 Å². The molecule has 13 heavy (non-hydrogen) atoms. The summed E-state index contributed by atoms with van der Waals surface area (Å²) in [7, 11) is 0. The maximum Gasteiger partial charge on any atom is 0.0701 e. The van der Waals surface area contributed by atoms with Gasteiger partial charge in [0.15, 0.2) is 0 Å². The van der Waals surface area contributed by atoms with Crippen LogP contribution in [-0.4, -0.2) is 17.5 Å². The van der Waals surface area contributed by atoms with Crippen LogP contribution in [0.25, 0.3) is 0 Å². The van der Waals surface area contributed by atoms with Gasteiger partial charge in [0, 0.05) is 22.4 Å². The monoisotopic (exact) mass is 277 g/mol. The summed E-state index contributed by atoms with van der Waals surface area (Å²) in [6, 6.07) is 5.55. The Balaban J connectivity index is 2.08. The Hall–Kier alpha value is 0.490. The molecule has 0 saturated carbocycles. The Kier molecular flexibility index (Phi) is 3.35. The number of hydrogen-bond acceptors (Lipinski definition) is 3. The first-order valence-corrected chi connectivity index (χ1v) is 7.11. The molecular formula is C9H12BrNS2. The first kappa shape index (κ1) is 10.0. The van der Waals surface area contributed by atoms with Crippen LogP contribution < -0.4 is 5.32 Å². The topological polar surface area (TPSA) is 12.0 Å². The Morgan fingerprint density at radius 3 is 2.92 bits per heavy atom. The highest BCUT2D eigenvalue weighted by atomic mass is 79.9. The van der Waals surface area contributed by atoms with E-state index < -0.39 is 0 Å². The van der Waals surface area contributed by atoms with Gasteiger partial charge in [-0.1, -0.05) is 0 Å². The van der Waals surface area contributed by atoms with E-state index in [9.17, 15) is 0 Å². The van der Waals surface area contributed by atoms with Crippen molar-refractivity contribution in [1.29, 1.82) is 0 Å². The fourth-order valence-corrected chi connectivity index (χ4v) is 4.17. The predicted octanol–water partition coefficient (Wildman–Crippen LogP) is 3.28. The molecule has 1 aliphatic heterocycles. The lowest BCUT2D eigenvalue weighted by atomic mass is 10.2. The van der Waals surface area contributed by atoms with Crippen LogP contribution >= 0.6 is 39.0 Å². The minimum Gasteiger partial charge on any atom is -0.305 e. The average Bonchev–Trinajstić information content (AvgIpc) is 2.52. The van der Waals surface area contributed by atoms with Crippen molar-refractivity contribution in [3.05, 3.63) is 20.8 Å². The normalized spacial score (nSPS) is 29.1. The van der Waals surface area contributed by atoms with Gasteiger partial charge in [-0.15, -0.1) is 11.3 Å². The van der Waals surface area contributed by atoms with Crippen LogP contribution in [0.15, 0.2) is 15.9 Å². The number of thioether (sulfide) groups is 1. The molecule has 1 aliphatic rings. The molecule has 0 aliphatic carbocycles. The van der Waals surface area contributed by atoms with E-state index in [1.807, 2.05) is 23.1 Å². The van der Waals surface area contributed by atoms with Crippen LogP contribution in [0.5, 0.6) is 0 Å². The molecule has 1 nitrogen and oxygen atoms in total. The molecule has 1 N–H and O–H groups in total. The van der Waals surface area contributed by atoms with Gasteiger partial charge in [0.05, 0.1) is 9.83 Å². The predicted molar refractivity (Wildman–Crippen MR) is 64.7 cm³/mol. The molecule has 0 aromatic carbocycles. The molecule has 0 amide bonds. The summed E-state index contributed by atoms with van der Waals surface area (Å²) in [6.07, 6.45) is 0. The summed E-state index contributed by atoms with van der Waals surface area (Å²) >= 11 is 7.38. The Morgan fingerprint density at radius 2 is 2.31 bits per heavy atom. The summed E-state index contributed by atoms with van der Waals surface area (Å²) < 4.78 is 1.23. The lowest BCUT2D eigenvalue weighted by Gasteiger charge is -2.27. The summed E-state index contributed by atoms with van der Waals surface area (Å²) in [5.74, 6) is 2.44. The van der Waals surface area contributed by atoms with Crippen molar-refractivity contribution in [2.75, 3.05) is 11.5 Å². The van der Waals surface area contributed by atoms with Gasteiger partial charge in [0.25, 0.3) is 0 Å². The van der Waals surface area contributed by atoms with Crippen LogP contribution in [0.2, 0.25) is 0 Å². The van der Waals surface area contributed by atoms with Crippen molar-refractivity contribution in [2.45, 2.75) is 19.0 Å². The van der Waals surface area contributed by atoms with Crippen molar-refractivity contribution in [1.82, 2.24) is 5.32 Å². The Bertz CT molecular complexity index is 287. The second-order valence-corrected chi connectivity index (χ2v) is 6.87. The van der Waals surface area contributed by atoms with E-state index in [0.29, 0.717) is 12.1 Å². The van der Waals surface area contributed by atoms with Gasteiger partial charge in [-0.2, -0.15) is 11.8 Å². The quantitative estimate of drug-likeness (QED) is 0.846. The minimum absolute atomic E-state index is 0.560. The van der Waals surface area contributed by atoms with Crippen molar-refractivity contribution in [3.63, 3.8) is 0 Å². The largest absolute Gasteiger partial charge is 0.305 e. The SMILES string of the molecule is CC1CSCC(c2ccc(Br)s2)N1. The molecule has 0 bridgehead atoms. The first-order chi connectivity index (χ1) is 6.25. The molecule has 1 aromatic heterocycles. The number of hydrogen-bond donors (Lipinski definition) is 1. The minimum atomic E-state index is 0.560. The van der Waals surface area contributed by atoms with E-state index in [1.165, 1.54) is 20.2 Å². The second-order valence-electron chi connectivity index (χ2n) is 3.30. The van der Waals surface area contributed by atoms with Gasteiger partial charge < -0.3 is 5.32 Å². The van der Waals surface area contributed by atoms with Gasteiger partial charge >= 0.3 is 0 Å². The highest BCUT2D eigenvalue weighted by Gasteiger charge is 2.20. The van der Waals surface area contributed by atoms with E-state index in [2.05, 4.69) is 40.3 Å². The standard InChI is InChI=1S/C9H12BrNS2/c1-6-4-12-5-7(11-6)8-2-3-9(10)13-8/h2-3,6-7,11H,4-5H2,1H3. The fourth-order valence-electron chi connectivity index (χ4n) is 1.48. The maximum absolute atomic E-state index is 3.61. The van der Waals surface area contributed by atoms with Gasteiger partial charge in [0.1, 0.15) is 0 Å². The zero-order chi connectivity index (χ0) is 9.26. The van der Waals surface area contributed by atoms with Crippen LogP contribution in [0.4, 0.5) is 0 Å². The van der Waals surface area contributed by atoms with E-state index in [-0.39, 0.29) is 0 Å². The third kappa shape index (κ3) is 2.49. The molecule has 72 valence electrons. The summed E-state index contributed by atoms with van der Waals surface area (Å²) in [6.45, 7) is 2.25. The lowest BCUT2D eigenvalue weighted by molar-refractivity contribution is 0.508. The molecule has 0 radical (unpaired) electrons. The molecule has 4 heteroatoms. The molecular weight excluding hydrogens is 266 g/mol. The van der Waals surface area contributed by atoms with Crippen molar-refractivity contribution in [3.8, 4) is 0 Å². The maximum atomic E-state index is 3.61. The zero-order valence-electron chi connectivity index (χ0n) is 7.42. The summed E-state index contributed by atoms with van der Waals surface area (Å²) in [5, 5.41) is 3.61. The van der Waals surface area contributed by atoms with E-state index in [0.717, 1.165) is 0 Å². The Morgan fingerprint density at radius 1 is 1.46 bits per heavy atom. The van der Waals surface area contributed by atoms with Gasteiger partial charge in [0.2, 0.25) is 0 Å². The first-order valence-electron chi connectivity index (χ1n) is 4.35. The van der Waals surface area contributed by atoms with Crippen LogP contribution in [0.1, 0.15) is 17.8 Å². The molecule has 2 unspecified atom stereocenters. The second kappa shape index (κ2) is 4.34. The van der Waals surface area contributed by atoms with E-state index >= 15 is 0 Å². The number of rotatable bonds is 1. The third-order valence-corrected chi connectivity index (χ3v) is 5.12. The number of nitrogens with one attached hydrogen (secondary N) is 1. The Labute approximate surface area is 95.4 Å². The van der Waals surface area contributed by atoms with Crippen LogP contribution in [0, 0.1) is 0 Å². The van der Waals surface area contributed by atoms with E-state index in [1.54, 1.807) is 0 Å². The number of halogens is 1. The van der Waals surface area contributed by atoms with Crippen molar-refractivity contribution < 1.29 is 0 Å². The highest BCUT2D eigenvalue weighted by Crippen LogP contribution is 2.31. The molecule has 0 spiro atoms. The molecule has 2 atom stereocenters. The van der Waals surface area contributed by atoms with Crippen molar-refractivity contribution >= 4 is 39.0 Å². The number of thiophene rings is 1. The van der Waals surface area contributed by atoms with Crippen LogP contribution in [-0.2, 0) is 0 Å². The van der Waals surface area contributed by atoms with Gasteiger partial charge in [-0.3, -0.25) is 0 Å². The zero-order valence-corrected chi connectivity index (χ0v) is 10.6. The molecule has 2 rings (SSSR count). The lowest BCUT2D eigenvalue weighted by Crippen LogP contribution is -2.37. The summed E-state index contributed by atoms with van der Waals surface area (Å²) in [5.41, 5.74) is 0.